The predicted octanol–water partition coefficient (Wildman–Crippen LogP) is 4.58. The molecule has 0 radical (unpaired) electrons. The molecule has 0 bridgehead atoms. The predicted molar refractivity (Wildman–Crippen MR) is 103 cm³/mol. The van der Waals surface area contributed by atoms with Crippen molar-refractivity contribution >= 4 is 23.6 Å². The van der Waals surface area contributed by atoms with Crippen LogP contribution in [0, 0.1) is 23.5 Å². The summed E-state index contributed by atoms with van der Waals surface area (Å²) in [7, 11) is 0. The van der Waals surface area contributed by atoms with Crippen molar-refractivity contribution < 1.29 is 23.1 Å². The molecule has 1 aliphatic heterocycles. The Morgan fingerprint density at radius 2 is 1.90 bits per heavy atom. The summed E-state index contributed by atoms with van der Waals surface area (Å²) < 4.78 is 33.9. The van der Waals surface area contributed by atoms with Crippen LogP contribution in [0.3, 0.4) is 0 Å². The Labute approximate surface area is 173 Å². The fourth-order valence-corrected chi connectivity index (χ4v) is 4.32. The first kappa shape index (κ1) is 20.4. The first-order chi connectivity index (χ1) is 13.5. The summed E-state index contributed by atoms with van der Waals surface area (Å²) >= 11 is 5.66. The van der Waals surface area contributed by atoms with Gasteiger partial charge in [0.2, 0.25) is 5.91 Å². The zero-order valence-corrected chi connectivity index (χ0v) is 17.4. The lowest BCUT2D eigenvalue weighted by Crippen LogP contribution is -2.50. The van der Waals surface area contributed by atoms with E-state index in [0.29, 0.717) is 12.3 Å². The Kier molecular flexibility index (Phi) is 5.00. The molecule has 1 N–H and O–H groups in total. The van der Waals surface area contributed by atoms with Gasteiger partial charge in [-0.05, 0) is 70.4 Å². The topological polar surface area (TPSA) is 58.6 Å². The normalized spacial score (nSPS) is 26.7. The minimum atomic E-state index is -0.722. The van der Waals surface area contributed by atoms with Gasteiger partial charge in [0.15, 0.2) is 0 Å². The first-order valence-corrected chi connectivity index (χ1v) is 10.4. The summed E-state index contributed by atoms with van der Waals surface area (Å²) in [5, 5.41) is 2.58. The largest absolute Gasteiger partial charge is 0.444 e. The summed E-state index contributed by atoms with van der Waals surface area (Å²) in [6, 6.07) is 0.705. The fourth-order valence-electron chi connectivity index (χ4n) is 4.17. The van der Waals surface area contributed by atoms with Crippen LogP contribution in [-0.2, 0) is 9.53 Å². The van der Waals surface area contributed by atoms with Gasteiger partial charge < -0.3 is 10.1 Å². The highest BCUT2D eigenvalue weighted by Gasteiger charge is 2.57. The number of hydrogen-bond donors (Lipinski definition) is 1. The Morgan fingerprint density at radius 1 is 1.21 bits per heavy atom. The van der Waals surface area contributed by atoms with Crippen molar-refractivity contribution in [3.8, 4) is 0 Å². The lowest BCUT2D eigenvalue weighted by molar-refractivity contribution is -0.127. The molecular weight excluding hydrogens is 402 g/mol. The number of likely N-dealkylation sites (tertiary alicyclic amines) is 1. The van der Waals surface area contributed by atoms with Crippen LogP contribution >= 0.6 is 11.6 Å². The second kappa shape index (κ2) is 7.11. The van der Waals surface area contributed by atoms with Crippen LogP contribution in [0.5, 0.6) is 0 Å². The zero-order valence-electron chi connectivity index (χ0n) is 16.7. The zero-order chi connectivity index (χ0) is 21.1. The highest BCUT2D eigenvalue weighted by Crippen LogP contribution is 2.49. The summed E-state index contributed by atoms with van der Waals surface area (Å²) in [5.41, 5.74) is -0.569. The van der Waals surface area contributed by atoms with Gasteiger partial charge in [-0.2, -0.15) is 0 Å². The highest BCUT2D eigenvalue weighted by atomic mass is 35.5. The lowest BCUT2D eigenvalue weighted by atomic mass is 10.0. The van der Waals surface area contributed by atoms with Crippen LogP contribution in [0.1, 0.15) is 58.1 Å². The van der Waals surface area contributed by atoms with E-state index in [1.807, 2.05) is 0 Å². The van der Waals surface area contributed by atoms with E-state index < -0.39 is 35.4 Å². The third-order valence-electron chi connectivity index (χ3n) is 5.78. The molecule has 2 aliphatic carbocycles. The van der Waals surface area contributed by atoms with Gasteiger partial charge in [0.05, 0.1) is 11.1 Å². The number of ether oxygens (including phenoxy) is 1. The number of halogens is 3. The van der Waals surface area contributed by atoms with Gasteiger partial charge in [-0.15, -0.1) is 0 Å². The molecule has 8 heteroatoms. The van der Waals surface area contributed by atoms with Gasteiger partial charge in [0.1, 0.15) is 23.3 Å². The van der Waals surface area contributed by atoms with Crippen molar-refractivity contribution in [2.45, 2.75) is 70.2 Å². The van der Waals surface area contributed by atoms with E-state index in [0.717, 1.165) is 31.4 Å². The van der Waals surface area contributed by atoms with Crippen molar-refractivity contribution in [1.82, 2.24) is 10.2 Å². The summed E-state index contributed by atoms with van der Waals surface area (Å²) in [6.07, 6.45) is 2.56. The standard InChI is InChI=1S/C21H25ClF2N2O3/c1-21(2,3)29-20(28)26-16-6-11(16)7-17(26)19(27)25-18(10-4-5-10)12-8-15(24)13(22)9-14(12)23/h8-11,16-18H,4-7H2,1-3H3,(H,25,27)/t11-,16-,17-,18-/m1/s1. The quantitative estimate of drug-likeness (QED) is 0.717. The monoisotopic (exact) mass is 426 g/mol. The van der Waals surface area contributed by atoms with Crippen LogP contribution in [0.2, 0.25) is 5.02 Å². The maximum atomic E-state index is 14.5. The van der Waals surface area contributed by atoms with Crippen molar-refractivity contribution in [3.05, 3.63) is 34.4 Å². The fraction of sp³-hybridized carbons (Fsp3) is 0.619. The van der Waals surface area contributed by atoms with E-state index in [9.17, 15) is 18.4 Å². The molecule has 1 aromatic carbocycles. The van der Waals surface area contributed by atoms with Gasteiger partial charge in [0, 0.05) is 11.6 Å². The van der Waals surface area contributed by atoms with Crippen molar-refractivity contribution in [1.29, 1.82) is 0 Å². The van der Waals surface area contributed by atoms with Crippen LogP contribution in [0.25, 0.3) is 0 Å². The molecule has 3 fully saturated rings. The number of benzene rings is 1. The number of piperidine rings is 1. The lowest BCUT2D eigenvalue weighted by Gasteiger charge is -2.31. The van der Waals surface area contributed by atoms with Crippen LogP contribution in [-0.4, -0.2) is 34.6 Å². The minimum Gasteiger partial charge on any atom is -0.444 e. The molecule has 0 aromatic heterocycles. The molecule has 2 amide bonds. The van der Waals surface area contributed by atoms with Crippen molar-refractivity contribution in [3.63, 3.8) is 0 Å². The smallest absolute Gasteiger partial charge is 0.411 e. The molecular formula is C21H25ClF2N2O3. The molecule has 4 atom stereocenters. The van der Waals surface area contributed by atoms with Crippen LogP contribution in [0.15, 0.2) is 12.1 Å². The van der Waals surface area contributed by atoms with E-state index in [2.05, 4.69) is 5.32 Å². The van der Waals surface area contributed by atoms with Crippen LogP contribution in [0.4, 0.5) is 13.6 Å². The molecule has 4 rings (SSSR count). The third kappa shape index (κ3) is 4.20. The van der Waals surface area contributed by atoms with E-state index >= 15 is 0 Å². The van der Waals surface area contributed by atoms with Gasteiger partial charge in [-0.3, -0.25) is 9.69 Å². The van der Waals surface area contributed by atoms with Crippen molar-refractivity contribution in [2.24, 2.45) is 11.8 Å². The Morgan fingerprint density at radius 3 is 2.52 bits per heavy atom. The molecule has 29 heavy (non-hydrogen) atoms. The van der Waals surface area contributed by atoms with Gasteiger partial charge in [0.25, 0.3) is 0 Å². The maximum absolute atomic E-state index is 14.5. The van der Waals surface area contributed by atoms with E-state index in [4.69, 9.17) is 16.3 Å². The third-order valence-corrected chi connectivity index (χ3v) is 6.07. The van der Waals surface area contributed by atoms with E-state index in [1.54, 1.807) is 20.8 Å². The molecule has 5 nitrogen and oxygen atoms in total. The molecule has 2 saturated carbocycles. The Balaban J connectivity index is 1.53. The van der Waals surface area contributed by atoms with Gasteiger partial charge in [-0.25, -0.2) is 13.6 Å². The SMILES string of the molecule is CC(C)(C)OC(=O)N1[C@@H](C(=O)N[C@@H](c2cc(F)c(Cl)cc2F)C2CC2)C[C@H]2C[C@H]21. The maximum Gasteiger partial charge on any atom is 0.411 e. The number of hydrogen-bond acceptors (Lipinski definition) is 3. The Hall–Kier alpha value is -1.89. The molecule has 1 aromatic rings. The van der Waals surface area contributed by atoms with Gasteiger partial charge in [-0.1, -0.05) is 11.6 Å². The molecule has 1 saturated heterocycles. The van der Waals surface area contributed by atoms with Gasteiger partial charge >= 0.3 is 6.09 Å². The summed E-state index contributed by atoms with van der Waals surface area (Å²) in [4.78, 5) is 27.2. The molecule has 0 spiro atoms. The summed E-state index contributed by atoms with van der Waals surface area (Å²) in [5.74, 6) is -1.38. The summed E-state index contributed by atoms with van der Waals surface area (Å²) in [6.45, 7) is 5.34. The first-order valence-electron chi connectivity index (χ1n) is 10.0. The number of nitrogens with one attached hydrogen (secondary N) is 1. The van der Waals surface area contributed by atoms with E-state index in [1.165, 1.54) is 4.90 Å². The number of amides is 2. The average molecular weight is 427 g/mol. The number of carbonyl (C=O) groups is 2. The molecule has 3 aliphatic rings. The number of carbonyl (C=O) groups excluding carboxylic acids is 2. The molecule has 158 valence electrons. The Bertz CT molecular complexity index is 853. The number of nitrogens with zero attached hydrogens (tertiary/aromatic N) is 1. The van der Waals surface area contributed by atoms with Crippen LogP contribution < -0.4 is 5.32 Å². The average Bonchev–Trinajstić information content (AvgIpc) is 3.53. The minimum absolute atomic E-state index is 0.0182. The number of fused-ring (bicyclic) bond motifs is 1. The van der Waals surface area contributed by atoms with Crippen molar-refractivity contribution in [2.75, 3.05) is 0 Å². The second-order valence-corrected chi connectivity index (χ2v) is 9.72. The second-order valence-electron chi connectivity index (χ2n) is 9.31. The highest BCUT2D eigenvalue weighted by molar-refractivity contribution is 6.30. The number of rotatable bonds is 4. The molecule has 1 heterocycles. The molecule has 0 unspecified atom stereocenters. The van der Waals surface area contributed by atoms with E-state index in [-0.39, 0.29) is 28.5 Å².